The minimum absolute atomic E-state index is 0.0681. The van der Waals surface area contributed by atoms with Crippen molar-refractivity contribution in [3.63, 3.8) is 0 Å². The first-order chi connectivity index (χ1) is 16.9. The van der Waals surface area contributed by atoms with Crippen LogP contribution in [-0.4, -0.2) is 31.1 Å². The average Bonchev–Trinajstić information content (AvgIpc) is 2.92. The molecule has 0 N–H and O–H groups in total. The van der Waals surface area contributed by atoms with Gasteiger partial charge < -0.3 is 9.47 Å². The van der Waals surface area contributed by atoms with E-state index in [9.17, 15) is 19.7 Å². The molecule has 0 spiro atoms. The molecule has 9 heteroatoms. The van der Waals surface area contributed by atoms with Crippen LogP contribution in [0.4, 0.5) is 11.4 Å². The fraction of sp³-hybridized carbons (Fsp3) is 0.231. The van der Waals surface area contributed by atoms with E-state index in [0.717, 1.165) is 5.56 Å². The lowest BCUT2D eigenvalue weighted by atomic mass is 9.70. The Balaban J connectivity index is 1.97. The summed E-state index contributed by atoms with van der Waals surface area (Å²) in [6, 6.07) is 22.8. The molecule has 0 aromatic heterocycles. The fourth-order valence-electron chi connectivity index (χ4n) is 4.51. The molecule has 0 saturated carbocycles. The fourth-order valence-corrected chi connectivity index (χ4v) is 4.51. The third kappa shape index (κ3) is 4.33. The SMILES string of the molecule is COC(=O)C1(C(=O)OC)C[C@H](c2ccccc2)ON(c2ccccc2)[C@@H]1c1ccc([N+](=O)[O-])cc1. The maximum atomic E-state index is 13.5. The third-order valence-corrected chi connectivity index (χ3v) is 6.15. The summed E-state index contributed by atoms with van der Waals surface area (Å²) < 4.78 is 10.3. The molecule has 1 saturated heterocycles. The lowest BCUT2D eigenvalue weighted by Crippen LogP contribution is -2.56. The quantitative estimate of drug-likeness (QED) is 0.221. The molecule has 0 radical (unpaired) electrons. The van der Waals surface area contributed by atoms with E-state index < -0.39 is 34.4 Å². The Labute approximate surface area is 201 Å². The van der Waals surface area contributed by atoms with E-state index in [1.165, 1.54) is 43.5 Å². The van der Waals surface area contributed by atoms with Gasteiger partial charge in [0.2, 0.25) is 0 Å². The first-order valence-corrected chi connectivity index (χ1v) is 10.9. The molecule has 3 aromatic rings. The molecule has 9 nitrogen and oxygen atoms in total. The number of nitro benzene ring substituents is 1. The van der Waals surface area contributed by atoms with Gasteiger partial charge in [-0.3, -0.25) is 24.5 Å². The van der Waals surface area contributed by atoms with E-state index in [0.29, 0.717) is 11.3 Å². The number of hydrogen-bond acceptors (Lipinski definition) is 8. The highest BCUT2D eigenvalue weighted by atomic mass is 16.7. The van der Waals surface area contributed by atoms with Crippen molar-refractivity contribution < 1.29 is 28.8 Å². The number of esters is 2. The largest absolute Gasteiger partial charge is 0.468 e. The molecule has 1 fully saturated rings. The minimum atomic E-state index is -1.84. The number of non-ortho nitro benzene ring substituents is 1. The average molecular weight is 476 g/mol. The molecular formula is C26H24N2O7. The summed E-state index contributed by atoms with van der Waals surface area (Å²) in [5.74, 6) is -1.59. The number of carbonyl (C=O) groups excluding carboxylic acids is 2. The van der Waals surface area contributed by atoms with Crippen LogP contribution in [0.2, 0.25) is 0 Å². The zero-order valence-electron chi connectivity index (χ0n) is 19.2. The molecule has 4 rings (SSSR count). The number of ether oxygens (including phenoxy) is 2. The zero-order valence-corrected chi connectivity index (χ0v) is 19.2. The van der Waals surface area contributed by atoms with Crippen molar-refractivity contribution in [2.75, 3.05) is 19.3 Å². The number of benzene rings is 3. The molecule has 0 unspecified atom stereocenters. The van der Waals surface area contributed by atoms with E-state index in [-0.39, 0.29) is 12.1 Å². The number of hydroxylamine groups is 1. The van der Waals surface area contributed by atoms with E-state index in [4.69, 9.17) is 14.3 Å². The molecular weight excluding hydrogens is 452 g/mol. The molecule has 0 aliphatic carbocycles. The lowest BCUT2D eigenvalue weighted by molar-refractivity contribution is -0.384. The van der Waals surface area contributed by atoms with Gasteiger partial charge in [0.15, 0.2) is 5.41 Å². The van der Waals surface area contributed by atoms with Crippen molar-refractivity contribution in [3.05, 3.63) is 106 Å². The number of nitrogens with zero attached hydrogens (tertiary/aromatic N) is 2. The first kappa shape index (κ1) is 23.9. The minimum Gasteiger partial charge on any atom is -0.468 e. The highest BCUT2D eigenvalue weighted by molar-refractivity contribution is 6.02. The van der Waals surface area contributed by atoms with Crippen molar-refractivity contribution in [3.8, 4) is 0 Å². The molecule has 3 aromatic carbocycles. The number of anilines is 1. The Morgan fingerprint density at radius 3 is 1.94 bits per heavy atom. The van der Waals surface area contributed by atoms with E-state index in [2.05, 4.69) is 0 Å². The number of rotatable bonds is 6. The summed E-state index contributed by atoms with van der Waals surface area (Å²) in [6.07, 6.45) is -0.759. The van der Waals surface area contributed by atoms with Crippen molar-refractivity contribution >= 4 is 23.3 Å². The summed E-state index contributed by atoms with van der Waals surface area (Å²) in [7, 11) is 2.42. The van der Waals surface area contributed by atoms with E-state index in [1.54, 1.807) is 24.3 Å². The number of para-hydroxylation sites is 1. The molecule has 0 bridgehead atoms. The van der Waals surface area contributed by atoms with Gasteiger partial charge in [0, 0.05) is 18.6 Å². The van der Waals surface area contributed by atoms with Crippen LogP contribution in [-0.2, 0) is 23.9 Å². The molecule has 2 atom stereocenters. The first-order valence-electron chi connectivity index (χ1n) is 10.9. The van der Waals surface area contributed by atoms with Crippen LogP contribution < -0.4 is 5.06 Å². The van der Waals surface area contributed by atoms with E-state index >= 15 is 0 Å². The van der Waals surface area contributed by atoms with Crippen LogP contribution in [0, 0.1) is 15.5 Å². The van der Waals surface area contributed by atoms with Crippen LogP contribution in [0.15, 0.2) is 84.9 Å². The number of methoxy groups -OCH3 is 2. The van der Waals surface area contributed by atoms with Crippen LogP contribution in [0.5, 0.6) is 0 Å². The predicted molar refractivity (Wildman–Crippen MR) is 126 cm³/mol. The van der Waals surface area contributed by atoms with Gasteiger partial charge in [-0.15, -0.1) is 0 Å². The van der Waals surface area contributed by atoms with Crippen molar-refractivity contribution in [1.82, 2.24) is 0 Å². The molecule has 1 aliphatic rings. The van der Waals surface area contributed by atoms with Gasteiger partial charge in [0.1, 0.15) is 12.1 Å². The van der Waals surface area contributed by atoms with Gasteiger partial charge >= 0.3 is 11.9 Å². The zero-order chi connectivity index (χ0) is 25.0. The Bertz CT molecular complexity index is 1180. The van der Waals surface area contributed by atoms with Crippen LogP contribution in [0.25, 0.3) is 0 Å². The smallest absolute Gasteiger partial charge is 0.325 e. The normalized spacial score (nSPS) is 19.0. The topological polar surface area (TPSA) is 108 Å². The number of carbonyl (C=O) groups is 2. The van der Waals surface area contributed by atoms with Crippen LogP contribution in [0.1, 0.15) is 29.7 Å². The van der Waals surface area contributed by atoms with Gasteiger partial charge in [-0.05, 0) is 35.4 Å². The summed E-state index contributed by atoms with van der Waals surface area (Å²) in [5.41, 5.74) is -0.183. The van der Waals surface area contributed by atoms with Crippen molar-refractivity contribution in [2.45, 2.75) is 18.6 Å². The summed E-state index contributed by atoms with van der Waals surface area (Å²) in [6.45, 7) is 0. The predicted octanol–water partition coefficient (Wildman–Crippen LogP) is 4.55. The third-order valence-electron chi connectivity index (χ3n) is 6.15. The Kier molecular flexibility index (Phi) is 6.79. The molecule has 180 valence electrons. The highest BCUT2D eigenvalue weighted by Gasteiger charge is 2.62. The Morgan fingerprint density at radius 1 is 0.886 bits per heavy atom. The molecule has 0 amide bonds. The second kappa shape index (κ2) is 9.94. The highest BCUT2D eigenvalue weighted by Crippen LogP contribution is 2.53. The van der Waals surface area contributed by atoms with Crippen LogP contribution in [0.3, 0.4) is 0 Å². The van der Waals surface area contributed by atoms with Crippen molar-refractivity contribution in [1.29, 1.82) is 0 Å². The molecule has 1 heterocycles. The van der Waals surface area contributed by atoms with Gasteiger partial charge in [0.05, 0.1) is 24.8 Å². The maximum absolute atomic E-state index is 13.5. The van der Waals surface area contributed by atoms with Gasteiger partial charge in [-0.25, -0.2) is 5.06 Å². The molecule has 1 aliphatic heterocycles. The number of nitro groups is 1. The maximum Gasteiger partial charge on any atom is 0.325 e. The van der Waals surface area contributed by atoms with Gasteiger partial charge in [-0.1, -0.05) is 48.5 Å². The lowest BCUT2D eigenvalue weighted by Gasteiger charge is -2.49. The summed E-state index contributed by atoms with van der Waals surface area (Å²) in [5, 5.41) is 12.7. The van der Waals surface area contributed by atoms with Crippen LogP contribution >= 0.6 is 0 Å². The number of hydrogen-bond donors (Lipinski definition) is 0. The summed E-state index contributed by atoms with van der Waals surface area (Å²) >= 11 is 0. The second-order valence-corrected chi connectivity index (χ2v) is 8.08. The Hall–Kier alpha value is -4.24. The standard InChI is InChI=1S/C26H24N2O7/c1-33-24(29)26(25(30)34-2)17-22(18-9-5-3-6-10-18)35-27(20-11-7-4-8-12-20)23(26)19-13-15-21(16-14-19)28(31)32/h3-16,22-23H,17H2,1-2H3/t22-,23-/m1/s1. The van der Waals surface area contributed by atoms with Gasteiger partial charge in [0.25, 0.3) is 5.69 Å². The Morgan fingerprint density at radius 2 is 1.43 bits per heavy atom. The van der Waals surface area contributed by atoms with E-state index in [1.807, 2.05) is 36.4 Å². The second-order valence-electron chi connectivity index (χ2n) is 8.08. The monoisotopic (exact) mass is 476 g/mol. The van der Waals surface area contributed by atoms with Crippen molar-refractivity contribution in [2.24, 2.45) is 5.41 Å². The summed E-state index contributed by atoms with van der Waals surface area (Å²) in [4.78, 5) is 44.1. The van der Waals surface area contributed by atoms with Gasteiger partial charge in [-0.2, -0.15) is 0 Å². The molecule has 35 heavy (non-hydrogen) atoms.